The van der Waals surface area contributed by atoms with Crippen LogP contribution < -0.4 is 0 Å². The number of imidazole rings is 1. The molecular weight excluding hydrogens is 301 g/mol. The number of aryl methyl sites for hydroxylation is 1. The lowest BCUT2D eigenvalue weighted by atomic mass is 10.3. The van der Waals surface area contributed by atoms with Gasteiger partial charge < -0.3 is 4.57 Å². The third-order valence-corrected chi connectivity index (χ3v) is 2.89. The third-order valence-electron chi connectivity index (χ3n) is 2.51. The molecule has 0 aliphatic carbocycles. The smallest absolute Gasteiger partial charge is 0.199 e. The van der Waals surface area contributed by atoms with Gasteiger partial charge in [-0.3, -0.25) is 0 Å². The highest BCUT2D eigenvalue weighted by Gasteiger charge is 2.13. The van der Waals surface area contributed by atoms with Gasteiger partial charge in [0.15, 0.2) is 17.1 Å². The molecule has 3 aromatic heterocycles. The molecule has 0 saturated carbocycles. The molecule has 0 aliphatic heterocycles. The number of halogens is 2. The zero-order valence-electron chi connectivity index (χ0n) is 9.30. The first-order chi connectivity index (χ1) is 8.65. The number of nitrogens with zero attached hydrogens (tertiary/aromatic N) is 5. The molecule has 0 aromatic carbocycles. The Labute approximate surface area is 110 Å². The fourth-order valence-corrected chi connectivity index (χ4v) is 1.95. The van der Waals surface area contributed by atoms with Crippen LogP contribution in [0.15, 0.2) is 29.1 Å². The van der Waals surface area contributed by atoms with Crippen LogP contribution in [0.25, 0.3) is 22.8 Å². The van der Waals surface area contributed by atoms with Gasteiger partial charge in [0.1, 0.15) is 16.1 Å². The predicted octanol–water partition coefficient (Wildman–Crippen LogP) is 2.33. The van der Waals surface area contributed by atoms with Gasteiger partial charge in [0, 0.05) is 7.05 Å². The zero-order chi connectivity index (χ0) is 12.7. The van der Waals surface area contributed by atoms with Crippen molar-refractivity contribution in [3.63, 3.8) is 0 Å². The molecule has 3 rings (SSSR count). The molecule has 0 aliphatic rings. The van der Waals surface area contributed by atoms with E-state index in [4.69, 9.17) is 0 Å². The molecule has 0 saturated heterocycles. The molecule has 0 unspecified atom stereocenters. The maximum atomic E-state index is 12.8. The van der Waals surface area contributed by atoms with Gasteiger partial charge >= 0.3 is 0 Å². The molecule has 0 N–H and O–H groups in total. The van der Waals surface area contributed by atoms with E-state index < -0.39 is 0 Å². The lowest BCUT2D eigenvalue weighted by Crippen LogP contribution is -1.95. The Hall–Kier alpha value is -1.89. The first kappa shape index (κ1) is 11.2. The number of hydrogen-bond donors (Lipinski definition) is 0. The molecule has 3 aromatic rings. The van der Waals surface area contributed by atoms with E-state index in [2.05, 4.69) is 35.9 Å². The average Bonchev–Trinajstić information content (AvgIpc) is 2.67. The molecule has 0 atom stereocenters. The molecule has 5 nitrogen and oxygen atoms in total. The largest absolute Gasteiger partial charge is 0.309 e. The molecule has 90 valence electrons. The van der Waals surface area contributed by atoms with E-state index in [1.807, 2.05) is 7.05 Å². The molecule has 7 heteroatoms. The van der Waals surface area contributed by atoms with Crippen LogP contribution in [0.5, 0.6) is 0 Å². The van der Waals surface area contributed by atoms with E-state index in [9.17, 15) is 4.39 Å². The van der Waals surface area contributed by atoms with Crippen LogP contribution in [0.2, 0.25) is 0 Å². The van der Waals surface area contributed by atoms with E-state index in [1.54, 1.807) is 16.8 Å². The van der Waals surface area contributed by atoms with Crippen LogP contribution in [0, 0.1) is 5.82 Å². The quantitative estimate of drug-likeness (QED) is 0.692. The van der Waals surface area contributed by atoms with E-state index in [0.29, 0.717) is 27.4 Å². The van der Waals surface area contributed by atoms with Crippen molar-refractivity contribution >= 4 is 27.2 Å². The Morgan fingerprint density at radius 3 is 2.72 bits per heavy atom. The minimum absolute atomic E-state index is 0.378. The van der Waals surface area contributed by atoms with Crippen molar-refractivity contribution in [2.45, 2.75) is 0 Å². The molecule has 0 spiro atoms. The van der Waals surface area contributed by atoms with Crippen LogP contribution in [-0.4, -0.2) is 24.5 Å². The van der Waals surface area contributed by atoms with Crippen molar-refractivity contribution in [1.82, 2.24) is 24.5 Å². The van der Waals surface area contributed by atoms with E-state index in [-0.39, 0.29) is 5.82 Å². The topological polar surface area (TPSA) is 56.5 Å². The Bertz CT molecular complexity index is 722. The Kier molecular flexibility index (Phi) is 2.55. The highest BCUT2D eigenvalue weighted by atomic mass is 79.9. The maximum Gasteiger partial charge on any atom is 0.199 e. The number of pyridine rings is 1. The molecule has 0 radical (unpaired) electrons. The summed E-state index contributed by atoms with van der Waals surface area (Å²) in [7, 11) is 1.82. The van der Waals surface area contributed by atoms with Crippen LogP contribution in [-0.2, 0) is 7.05 Å². The van der Waals surface area contributed by atoms with Gasteiger partial charge in [-0.1, -0.05) is 0 Å². The zero-order valence-corrected chi connectivity index (χ0v) is 10.9. The molecular formula is C11H7BrFN5. The van der Waals surface area contributed by atoms with E-state index in [1.165, 1.54) is 6.07 Å². The van der Waals surface area contributed by atoms with Crippen molar-refractivity contribution in [3.8, 4) is 11.5 Å². The molecule has 0 bridgehead atoms. The van der Waals surface area contributed by atoms with Crippen LogP contribution >= 0.6 is 15.9 Å². The van der Waals surface area contributed by atoms with Crippen molar-refractivity contribution in [2.75, 3.05) is 0 Å². The Balaban J connectivity index is 2.23. The molecule has 18 heavy (non-hydrogen) atoms. The number of hydrogen-bond acceptors (Lipinski definition) is 4. The standard InChI is InChI=1S/C11H7BrFN5/c1-18-10(7-3-2-6(13)4-14-7)17-9-11(18)15-5-8(12)16-9/h2-5H,1H3. The van der Waals surface area contributed by atoms with Gasteiger partial charge in [0.2, 0.25) is 0 Å². The summed E-state index contributed by atoms with van der Waals surface area (Å²) < 4.78 is 15.2. The summed E-state index contributed by atoms with van der Waals surface area (Å²) in [6, 6.07) is 2.92. The molecule has 0 amide bonds. The van der Waals surface area contributed by atoms with E-state index >= 15 is 0 Å². The summed E-state index contributed by atoms with van der Waals surface area (Å²) in [5.41, 5.74) is 1.75. The van der Waals surface area contributed by atoms with Gasteiger partial charge in [0.25, 0.3) is 0 Å². The molecule has 0 fully saturated rings. The second kappa shape index (κ2) is 4.09. The fourth-order valence-electron chi connectivity index (χ4n) is 1.68. The highest BCUT2D eigenvalue weighted by molar-refractivity contribution is 9.10. The van der Waals surface area contributed by atoms with Gasteiger partial charge in [-0.05, 0) is 28.1 Å². The summed E-state index contributed by atoms with van der Waals surface area (Å²) >= 11 is 3.24. The second-order valence-electron chi connectivity index (χ2n) is 3.70. The van der Waals surface area contributed by atoms with Gasteiger partial charge in [-0.25, -0.2) is 24.3 Å². The predicted molar refractivity (Wildman–Crippen MR) is 67.2 cm³/mol. The summed E-state index contributed by atoms with van der Waals surface area (Å²) in [6.45, 7) is 0. The Morgan fingerprint density at radius 2 is 2.00 bits per heavy atom. The lowest BCUT2D eigenvalue weighted by molar-refractivity contribution is 0.621. The van der Waals surface area contributed by atoms with E-state index in [0.717, 1.165) is 6.20 Å². The monoisotopic (exact) mass is 307 g/mol. The van der Waals surface area contributed by atoms with Crippen LogP contribution in [0.3, 0.4) is 0 Å². The first-order valence-corrected chi connectivity index (χ1v) is 5.91. The van der Waals surface area contributed by atoms with Crippen molar-refractivity contribution in [2.24, 2.45) is 7.05 Å². The van der Waals surface area contributed by atoms with Gasteiger partial charge in [-0.2, -0.15) is 0 Å². The Morgan fingerprint density at radius 1 is 1.17 bits per heavy atom. The number of aromatic nitrogens is 5. The minimum Gasteiger partial charge on any atom is -0.309 e. The van der Waals surface area contributed by atoms with Crippen LogP contribution in [0.1, 0.15) is 0 Å². The van der Waals surface area contributed by atoms with Gasteiger partial charge in [0.05, 0.1) is 12.4 Å². The third kappa shape index (κ3) is 1.76. The summed E-state index contributed by atoms with van der Waals surface area (Å²) in [5, 5.41) is 0. The van der Waals surface area contributed by atoms with Crippen molar-refractivity contribution in [1.29, 1.82) is 0 Å². The lowest BCUT2D eigenvalue weighted by Gasteiger charge is -2.00. The number of rotatable bonds is 1. The number of fused-ring (bicyclic) bond motifs is 1. The first-order valence-electron chi connectivity index (χ1n) is 5.12. The molecule has 3 heterocycles. The summed E-state index contributed by atoms with van der Waals surface area (Å²) in [4.78, 5) is 16.8. The fraction of sp³-hybridized carbons (Fsp3) is 0.0909. The van der Waals surface area contributed by atoms with Crippen LogP contribution in [0.4, 0.5) is 4.39 Å². The summed E-state index contributed by atoms with van der Waals surface area (Å²) in [5.74, 6) is 0.222. The second-order valence-corrected chi connectivity index (χ2v) is 4.51. The van der Waals surface area contributed by atoms with Gasteiger partial charge in [-0.15, -0.1) is 0 Å². The normalized spacial score (nSPS) is 11.1. The van der Waals surface area contributed by atoms with Crippen molar-refractivity contribution in [3.05, 3.63) is 34.9 Å². The highest BCUT2D eigenvalue weighted by Crippen LogP contribution is 2.20. The van der Waals surface area contributed by atoms with Crippen molar-refractivity contribution < 1.29 is 4.39 Å². The average molecular weight is 308 g/mol. The SMILES string of the molecule is Cn1c(-c2ccc(F)cn2)nc2nc(Br)cnc21. The summed E-state index contributed by atoms with van der Waals surface area (Å²) in [6.07, 6.45) is 2.76. The maximum absolute atomic E-state index is 12.8. The minimum atomic E-state index is -0.378.